The Morgan fingerprint density at radius 1 is 1.25 bits per heavy atom. The molecule has 0 aromatic heterocycles. The Kier molecular flexibility index (Phi) is 7.90. The van der Waals surface area contributed by atoms with Crippen LogP contribution in [0.25, 0.3) is 0 Å². The van der Waals surface area contributed by atoms with Gasteiger partial charge in [-0.15, -0.1) is 0 Å². The summed E-state index contributed by atoms with van der Waals surface area (Å²) in [6, 6.07) is 5.60. The molecule has 0 saturated heterocycles. The molecule has 0 saturated carbocycles. The van der Waals surface area contributed by atoms with Gasteiger partial charge in [0, 0.05) is 12.6 Å². The lowest BCUT2D eigenvalue weighted by atomic mass is 10.0. The molecule has 2 atom stereocenters. The van der Waals surface area contributed by atoms with Gasteiger partial charge in [-0.1, -0.05) is 62.5 Å². The molecule has 1 aromatic carbocycles. The van der Waals surface area contributed by atoms with Gasteiger partial charge in [0.2, 0.25) is 0 Å². The average Bonchev–Trinajstić information content (AvgIpc) is 2.45. The molecule has 2 unspecified atom stereocenters. The van der Waals surface area contributed by atoms with Crippen molar-refractivity contribution in [3.05, 3.63) is 33.8 Å². The molecule has 0 radical (unpaired) electrons. The summed E-state index contributed by atoms with van der Waals surface area (Å²) in [6.45, 7) is 9.89. The van der Waals surface area contributed by atoms with Gasteiger partial charge in [0.1, 0.15) is 0 Å². The molecule has 1 rings (SSSR count). The Balaban J connectivity index is 2.57. The van der Waals surface area contributed by atoms with Gasteiger partial charge in [0.05, 0.1) is 10.0 Å². The van der Waals surface area contributed by atoms with Gasteiger partial charge in [-0.2, -0.15) is 0 Å². The van der Waals surface area contributed by atoms with E-state index >= 15 is 0 Å². The highest BCUT2D eigenvalue weighted by Gasteiger charge is 2.14. The maximum atomic E-state index is 6.26. The van der Waals surface area contributed by atoms with Crippen LogP contribution in [0.4, 0.5) is 0 Å². The van der Waals surface area contributed by atoms with Crippen molar-refractivity contribution in [2.24, 2.45) is 11.7 Å². The third-order valence-electron chi connectivity index (χ3n) is 3.85. The number of nitrogens with zero attached hydrogens (tertiary/aromatic N) is 1. The van der Waals surface area contributed by atoms with E-state index in [2.05, 4.69) is 25.7 Å². The third-order valence-corrected chi connectivity index (χ3v) is 4.68. The van der Waals surface area contributed by atoms with Crippen molar-refractivity contribution in [2.75, 3.05) is 19.6 Å². The molecule has 2 N–H and O–H groups in total. The highest BCUT2D eigenvalue weighted by molar-refractivity contribution is 6.42. The van der Waals surface area contributed by atoms with Crippen LogP contribution in [0.2, 0.25) is 10.0 Å². The SMILES string of the molecule is CCC(C)CN(CC)CCC(N)c1cccc(Cl)c1Cl. The largest absolute Gasteiger partial charge is 0.324 e. The van der Waals surface area contributed by atoms with Gasteiger partial charge >= 0.3 is 0 Å². The van der Waals surface area contributed by atoms with Crippen LogP contribution < -0.4 is 5.73 Å². The fourth-order valence-electron chi connectivity index (χ4n) is 2.23. The number of halogens is 2. The number of benzene rings is 1. The van der Waals surface area contributed by atoms with Crippen LogP contribution in [0.3, 0.4) is 0 Å². The van der Waals surface area contributed by atoms with Crippen molar-refractivity contribution in [2.45, 2.75) is 39.7 Å². The van der Waals surface area contributed by atoms with Gasteiger partial charge in [0.25, 0.3) is 0 Å². The van der Waals surface area contributed by atoms with Crippen molar-refractivity contribution >= 4 is 23.2 Å². The first kappa shape index (κ1) is 17.8. The van der Waals surface area contributed by atoms with Crippen molar-refractivity contribution in [3.63, 3.8) is 0 Å². The highest BCUT2D eigenvalue weighted by Crippen LogP contribution is 2.30. The van der Waals surface area contributed by atoms with E-state index in [4.69, 9.17) is 28.9 Å². The van der Waals surface area contributed by atoms with E-state index in [1.54, 1.807) is 6.07 Å². The zero-order valence-corrected chi connectivity index (χ0v) is 14.2. The summed E-state index contributed by atoms with van der Waals surface area (Å²) in [4.78, 5) is 2.45. The molecule has 0 fully saturated rings. The summed E-state index contributed by atoms with van der Waals surface area (Å²) in [7, 11) is 0. The molecule has 0 amide bonds. The molecule has 114 valence electrons. The lowest BCUT2D eigenvalue weighted by Crippen LogP contribution is -2.31. The van der Waals surface area contributed by atoms with Gasteiger partial charge in [-0.25, -0.2) is 0 Å². The molecule has 4 heteroatoms. The van der Waals surface area contributed by atoms with Crippen LogP contribution >= 0.6 is 23.2 Å². The second-order valence-corrected chi connectivity index (χ2v) is 6.23. The lowest BCUT2D eigenvalue weighted by molar-refractivity contribution is 0.237. The fraction of sp³-hybridized carbons (Fsp3) is 0.625. The van der Waals surface area contributed by atoms with Crippen LogP contribution in [-0.2, 0) is 0 Å². The summed E-state index contributed by atoms with van der Waals surface area (Å²) in [5.41, 5.74) is 7.20. The quantitative estimate of drug-likeness (QED) is 0.749. The predicted molar refractivity (Wildman–Crippen MR) is 89.6 cm³/mol. The van der Waals surface area contributed by atoms with E-state index in [9.17, 15) is 0 Å². The van der Waals surface area contributed by atoms with Crippen LogP contribution in [0.5, 0.6) is 0 Å². The molecule has 2 nitrogen and oxygen atoms in total. The van der Waals surface area contributed by atoms with Crippen LogP contribution in [0.15, 0.2) is 18.2 Å². The average molecular weight is 317 g/mol. The minimum Gasteiger partial charge on any atom is -0.324 e. The first-order chi connectivity index (χ1) is 9.49. The molecule has 1 aromatic rings. The maximum absolute atomic E-state index is 6.26. The minimum atomic E-state index is -0.0628. The van der Waals surface area contributed by atoms with E-state index in [0.29, 0.717) is 10.0 Å². The predicted octanol–water partition coefficient (Wildman–Crippen LogP) is 4.75. The number of hydrogen-bond donors (Lipinski definition) is 1. The Hall–Kier alpha value is -0.280. The van der Waals surface area contributed by atoms with E-state index in [-0.39, 0.29) is 6.04 Å². The first-order valence-corrected chi connectivity index (χ1v) is 8.16. The van der Waals surface area contributed by atoms with Gasteiger partial charge in [0.15, 0.2) is 0 Å². The number of rotatable bonds is 8. The smallest absolute Gasteiger partial charge is 0.0640 e. The van der Waals surface area contributed by atoms with Crippen LogP contribution in [0.1, 0.15) is 45.2 Å². The zero-order chi connectivity index (χ0) is 15.1. The Bertz CT molecular complexity index is 409. The maximum Gasteiger partial charge on any atom is 0.0640 e. The van der Waals surface area contributed by atoms with E-state index in [1.165, 1.54) is 6.42 Å². The second-order valence-electron chi connectivity index (χ2n) is 5.44. The van der Waals surface area contributed by atoms with Crippen molar-refractivity contribution in [1.82, 2.24) is 4.90 Å². The zero-order valence-electron chi connectivity index (χ0n) is 12.7. The van der Waals surface area contributed by atoms with E-state index in [1.807, 2.05) is 12.1 Å². The van der Waals surface area contributed by atoms with Gasteiger partial charge in [-0.05, 0) is 37.1 Å². The Morgan fingerprint density at radius 2 is 1.95 bits per heavy atom. The summed E-state index contributed by atoms with van der Waals surface area (Å²) in [5, 5.41) is 1.17. The van der Waals surface area contributed by atoms with Gasteiger partial charge in [-0.3, -0.25) is 0 Å². The topological polar surface area (TPSA) is 29.3 Å². The summed E-state index contributed by atoms with van der Waals surface area (Å²) in [5.74, 6) is 0.723. The molecular formula is C16H26Cl2N2. The highest BCUT2D eigenvalue weighted by atomic mass is 35.5. The van der Waals surface area contributed by atoms with Gasteiger partial charge < -0.3 is 10.6 Å². The van der Waals surface area contributed by atoms with E-state index < -0.39 is 0 Å². The molecule has 0 heterocycles. The molecular weight excluding hydrogens is 291 g/mol. The summed E-state index contributed by atoms with van der Waals surface area (Å²) < 4.78 is 0. The molecule has 0 aliphatic heterocycles. The van der Waals surface area contributed by atoms with Crippen LogP contribution in [-0.4, -0.2) is 24.5 Å². The molecule has 0 bridgehead atoms. The molecule has 0 spiro atoms. The molecule has 0 aliphatic rings. The number of nitrogens with two attached hydrogens (primary N) is 1. The lowest BCUT2D eigenvalue weighted by Gasteiger charge is -2.25. The van der Waals surface area contributed by atoms with Crippen molar-refractivity contribution < 1.29 is 0 Å². The first-order valence-electron chi connectivity index (χ1n) is 7.41. The monoisotopic (exact) mass is 316 g/mol. The van der Waals surface area contributed by atoms with Crippen molar-refractivity contribution in [3.8, 4) is 0 Å². The Labute approximate surface area is 133 Å². The standard InChI is InChI=1S/C16H26Cl2N2/c1-4-12(3)11-20(5-2)10-9-15(19)13-7-6-8-14(17)16(13)18/h6-8,12,15H,4-5,9-11,19H2,1-3H3. The normalized spacial score (nSPS) is 14.6. The Morgan fingerprint density at radius 3 is 2.55 bits per heavy atom. The van der Waals surface area contributed by atoms with Crippen molar-refractivity contribution in [1.29, 1.82) is 0 Å². The summed E-state index contributed by atoms with van der Waals surface area (Å²) in [6.07, 6.45) is 2.10. The third kappa shape index (κ3) is 5.25. The molecule has 20 heavy (non-hydrogen) atoms. The minimum absolute atomic E-state index is 0.0628. The second kappa shape index (κ2) is 8.89. The fourth-order valence-corrected chi connectivity index (χ4v) is 2.68. The summed E-state index contributed by atoms with van der Waals surface area (Å²) >= 11 is 12.3. The molecule has 0 aliphatic carbocycles. The number of hydrogen-bond acceptors (Lipinski definition) is 2. The van der Waals surface area contributed by atoms with Crippen LogP contribution in [0, 0.1) is 5.92 Å². The van der Waals surface area contributed by atoms with E-state index in [0.717, 1.165) is 37.5 Å².